The maximum absolute atomic E-state index is 14.0. The van der Waals surface area contributed by atoms with Gasteiger partial charge in [-0.05, 0) is 55.4 Å². The van der Waals surface area contributed by atoms with Crippen LogP contribution in [0.3, 0.4) is 0 Å². The molecule has 9 heteroatoms. The van der Waals surface area contributed by atoms with Crippen molar-refractivity contribution in [2.75, 3.05) is 13.1 Å². The minimum atomic E-state index is -1.32. The summed E-state index contributed by atoms with van der Waals surface area (Å²) in [4.78, 5) is 30.9. The number of halogens is 3. The number of hydrogen-bond donors (Lipinski definition) is 1. The van der Waals surface area contributed by atoms with Gasteiger partial charge < -0.3 is 14.6 Å². The highest BCUT2D eigenvalue weighted by molar-refractivity contribution is 5.97. The lowest BCUT2D eigenvalue weighted by atomic mass is 9.60. The summed E-state index contributed by atoms with van der Waals surface area (Å²) >= 11 is 0. The first-order chi connectivity index (χ1) is 15.7. The number of fused-ring (bicyclic) bond motifs is 1. The molecule has 3 aromatic rings. The molecular weight excluding hydrogens is 435 g/mol. The predicted molar refractivity (Wildman–Crippen MR) is 113 cm³/mol. The first-order valence-corrected chi connectivity index (χ1v) is 10.8. The molecule has 2 amide bonds. The van der Waals surface area contributed by atoms with Gasteiger partial charge >= 0.3 is 0 Å². The molecule has 1 spiro atoms. The van der Waals surface area contributed by atoms with E-state index in [1.807, 2.05) is 0 Å². The van der Waals surface area contributed by atoms with Crippen molar-refractivity contribution < 1.29 is 27.2 Å². The number of nitrogens with zero attached hydrogens (tertiary/aromatic N) is 2. The highest BCUT2D eigenvalue weighted by Crippen LogP contribution is 2.49. The van der Waals surface area contributed by atoms with Crippen LogP contribution >= 0.6 is 0 Å². The van der Waals surface area contributed by atoms with Gasteiger partial charge in [0.15, 0.2) is 23.1 Å². The van der Waals surface area contributed by atoms with E-state index in [4.69, 9.17) is 4.42 Å². The second kappa shape index (κ2) is 7.90. The van der Waals surface area contributed by atoms with Crippen molar-refractivity contribution in [3.63, 3.8) is 0 Å². The maximum atomic E-state index is 14.0. The fourth-order valence-corrected chi connectivity index (χ4v) is 4.99. The van der Waals surface area contributed by atoms with Gasteiger partial charge in [0, 0.05) is 37.7 Å². The van der Waals surface area contributed by atoms with Crippen LogP contribution < -0.4 is 5.32 Å². The number of amides is 2. The standard InChI is InChI=1S/C24H22F3N3O3/c1-13-28-20-3-2-14(8-21(20)33-13)22(31)29-15-11-24(12-15)4-6-30(7-5-24)23(32)16-9-18(26)19(27)10-17(16)25/h2-3,8-10,15H,4-7,11-12H2,1H3,(H,29,31). The van der Waals surface area contributed by atoms with E-state index in [1.54, 1.807) is 25.1 Å². The highest BCUT2D eigenvalue weighted by Gasteiger charge is 2.47. The Balaban J connectivity index is 1.16. The van der Waals surface area contributed by atoms with E-state index in [-0.39, 0.29) is 17.4 Å². The molecule has 0 bridgehead atoms. The Bertz CT molecular complexity index is 1260. The van der Waals surface area contributed by atoms with E-state index in [0.717, 1.165) is 12.8 Å². The molecule has 172 valence electrons. The van der Waals surface area contributed by atoms with Crippen LogP contribution in [0.2, 0.25) is 0 Å². The molecule has 1 saturated carbocycles. The fraction of sp³-hybridized carbons (Fsp3) is 0.375. The largest absolute Gasteiger partial charge is 0.441 e. The smallest absolute Gasteiger partial charge is 0.256 e. The topological polar surface area (TPSA) is 75.4 Å². The normalized spacial score (nSPS) is 17.9. The van der Waals surface area contributed by atoms with Crippen LogP contribution in [0.15, 0.2) is 34.7 Å². The lowest BCUT2D eigenvalue weighted by Crippen LogP contribution is -2.55. The zero-order valence-electron chi connectivity index (χ0n) is 18.0. The fourth-order valence-electron chi connectivity index (χ4n) is 4.99. The van der Waals surface area contributed by atoms with E-state index >= 15 is 0 Å². The molecule has 1 saturated heterocycles. The highest BCUT2D eigenvalue weighted by atomic mass is 19.2. The minimum Gasteiger partial charge on any atom is -0.441 e. The minimum absolute atomic E-state index is 0.0211. The summed E-state index contributed by atoms with van der Waals surface area (Å²) in [6.07, 6.45) is 3.01. The number of aromatic nitrogens is 1. The first-order valence-electron chi connectivity index (χ1n) is 10.8. The number of carbonyl (C=O) groups is 2. The second-order valence-corrected chi connectivity index (χ2v) is 9.03. The molecule has 6 nitrogen and oxygen atoms in total. The average Bonchev–Trinajstić information content (AvgIpc) is 3.14. The lowest BCUT2D eigenvalue weighted by Gasteiger charge is -2.52. The van der Waals surface area contributed by atoms with Gasteiger partial charge in [-0.25, -0.2) is 18.2 Å². The van der Waals surface area contributed by atoms with Gasteiger partial charge in [0.05, 0.1) is 5.56 Å². The molecule has 5 rings (SSSR count). The Morgan fingerprint density at radius 1 is 1.06 bits per heavy atom. The van der Waals surface area contributed by atoms with Crippen LogP contribution in [0.1, 0.15) is 52.3 Å². The van der Waals surface area contributed by atoms with Crippen LogP contribution in [-0.4, -0.2) is 40.8 Å². The van der Waals surface area contributed by atoms with Crippen LogP contribution in [0.4, 0.5) is 13.2 Å². The van der Waals surface area contributed by atoms with Gasteiger partial charge in [0.2, 0.25) is 0 Å². The summed E-state index contributed by atoms with van der Waals surface area (Å²) in [5.41, 5.74) is 1.35. The monoisotopic (exact) mass is 457 g/mol. The van der Waals surface area contributed by atoms with Gasteiger partial charge in [0.25, 0.3) is 11.8 Å². The number of rotatable bonds is 3. The Hall–Kier alpha value is -3.36. The zero-order chi connectivity index (χ0) is 23.3. The van der Waals surface area contributed by atoms with Crippen molar-refractivity contribution in [2.24, 2.45) is 5.41 Å². The van der Waals surface area contributed by atoms with E-state index in [9.17, 15) is 22.8 Å². The maximum Gasteiger partial charge on any atom is 0.256 e. The summed E-state index contributed by atoms with van der Waals surface area (Å²) in [6, 6.07) is 6.20. The van der Waals surface area contributed by atoms with Crippen LogP contribution in [0.5, 0.6) is 0 Å². The quantitative estimate of drug-likeness (QED) is 0.593. The van der Waals surface area contributed by atoms with Crippen molar-refractivity contribution in [3.8, 4) is 0 Å². The summed E-state index contributed by atoms with van der Waals surface area (Å²) in [5, 5.41) is 3.05. The predicted octanol–water partition coefficient (Wildman–Crippen LogP) is 4.37. The average molecular weight is 457 g/mol. The molecule has 1 N–H and O–H groups in total. The third kappa shape index (κ3) is 3.96. The van der Waals surface area contributed by atoms with Gasteiger partial charge in [-0.3, -0.25) is 9.59 Å². The van der Waals surface area contributed by atoms with E-state index < -0.39 is 28.9 Å². The molecule has 2 heterocycles. The number of nitrogens with one attached hydrogen (secondary N) is 1. The Morgan fingerprint density at radius 3 is 2.48 bits per heavy atom. The number of benzene rings is 2. The number of aryl methyl sites for hydroxylation is 1. The van der Waals surface area contributed by atoms with Crippen LogP contribution in [-0.2, 0) is 0 Å². The van der Waals surface area contributed by atoms with Crippen LogP contribution in [0.25, 0.3) is 11.1 Å². The van der Waals surface area contributed by atoms with Crippen molar-refractivity contribution >= 4 is 22.9 Å². The first kappa shape index (κ1) is 21.5. The second-order valence-electron chi connectivity index (χ2n) is 9.03. The molecule has 33 heavy (non-hydrogen) atoms. The summed E-state index contributed by atoms with van der Waals surface area (Å²) in [7, 11) is 0. The molecule has 2 aromatic carbocycles. The van der Waals surface area contributed by atoms with Crippen molar-refractivity contribution in [3.05, 3.63) is 64.8 Å². The van der Waals surface area contributed by atoms with Crippen LogP contribution in [0, 0.1) is 29.8 Å². The van der Waals surface area contributed by atoms with E-state index in [2.05, 4.69) is 10.3 Å². The molecule has 1 aliphatic carbocycles. The Kier molecular flexibility index (Phi) is 5.14. The van der Waals surface area contributed by atoms with Gasteiger partial charge in [0.1, 0.15) is 11.3 Å². The molecule has 0 atom stereocenters. The third-order valence-corrected chi connectivity index (χ3v) is 6.80. The molecule has 2 fully saturated rings. The molecule has 0 unspecified atom stereocenters. The van der Waals surface area contributed by atoms with E-state index in [0.29, 0.717) is 60.6 Å². The molecule has 1 aliphatic heterocycles. The van der Waals surface area contributed by atoms with Gasteiger partial charge in [-0.2, -0.15) is 0 Å². The summed E-state index contributed by atoms with van der Waals surface area (Å²) in [5.74, 6) is -3.90. The number of piperidine rings is 1. The molecule has 1 aromatic heterocycles. The van der Waals surface area contributed by atoms with E-state index in [1.165, 1.54) is 4.90 Å². The number of carbonyl (C=O) groups excluding carboxylic acids is 2. The summed E-state index contributed by atoms with van der Waals surface area (Å²) in [6.45, 7) is 2.56. The molecular formula is C24H22F3N3O3. The molecule has 2 aliphatic rings. The Labute approximate surface area is 187 Å². The van der Waals surface area contributed by atoms with Crippen molar-refractivity contribution in [1.29, 1.82) is 0 Å². The summed E-state index contributed by atoms with van der Waals surface area (Å²) < 4.78 is 46.1. The van der Waals surface area contributed by atoms with Gasteiger partial charge in [-0.1, -0.05) is 0 Å². The Morgan fingerprint density at radius 2 is 1.76 bits per heavy atom. The number of hydrogen-bond acceptors (Lipinski definition) is 4. The number of oxazole rings is 1. The molecule has 0 radical (unpaired) electrons. The SMILES string of the molecule is Cc1nc2ccc(C(=O)NC3CC4(CCN(C(=O)c5cc(F)c(F)cc5F)CC4)C3)cc2o1. The number of likely N-dealkylation sites (tertiary alicyclic amines) is 1. The van der Waals surface area contributed by atoms with Crippen molar-refractivity contribution in [1.82, 2.24) is 15.2 Å². The third-order valence-electron chi connectivity index (χ3n) is 6.80. The van der Waals surface area contributed by atoms with Crippen molar-refractivity contribution in [2.45, 2.75) is 38.6 Å². The zero-order valence-corrected chi connectivity index (χ0v) is 18.0. The lowest BCUT2D eigenvalue weighted by molar-refractivity contribution is 0.00847. The van der Waals surface area contributed by atoms with Gasteiger partial charge in [-0.15, -0.1) is 0 Å².